The predicted octanol–water partition coefficient (Wildman–Crippen LogP) is 5.88. The second-order valence-corrected chi connectivity index (χ2v) is 12.8. The van der Waals surface area contributed by atoms with Crippen LogP contribution in [-0.2, 0) is 9.53 Å². The van der Waals surface area contributed by atoms with Crippen molar-refractivity contribution in [2.45, 2.75) is 92.3 Å². The molecule has 0 radical (unpaired) electrons. The minimum atomic E-state index is -0.673. The standard InChI is InChI=1S/C29H45N3O4/c1-17-15-19(28(3,4)5)16-18(2)23(17)26(33)31-14-13-21-20-11-9-10-12-22(20)35-24(21)25(30)32-27(34)36-29(6,7)8/h9-12,17-19,21,23-24H,13-16H2,1-8H3,(H,31,33)(H2,30,32,34). The molecule has 0 saturated heterocycles. The van der Waals surface area contributed by atoms with E-state index in [1.807, 2.05) is 24.3 Å². The van der Waals surface area contributed by atoms with E-state index in [9.17, 15) is 9.59 Å². The largest absolute Gasteiger partial charge is 0.482 e. The number of benzene rings is 1. The van der Waals surface area contributed by atoms with Crippen LogP contribution >= 0.6 is 0 Å². The van der Waals surface area contributed by atoms with Crippen LogP contribution in [0.3, 0.4) is 0 Å². The number of carbonyl (C=O) groups is 2. The van der Waals surface area contributed by atoms with E-state index in [0.29, 0.717) is 36.5 Å². The van der Waals surface area contributed by atoms with E-state index in [1.165, 1.54) is 0 Å². The van der Waals surface area contributed by atoms with Gasteiger partial charge in [0.2, 0.25) is 5.91 Å². The summed E-state index contributed by atoms with van der Waals surface area (Å²) < 4.78 is 11.4. The molecule has 1 aliphatic heterocycles. The van der Waals surface area contributed by atoms with Gasteiger partial charge in [-0.2, -0.15) is 0 Å². The highest BCUT2D eigenvalue weighted by Gasteiger charge is 2.42. The number of ether oxygens (including phenoxy) is 2. The maximum atomic E-state index is 13.2. The summed E-state index contributed by atoms with van der Waals surface area (Å²) in [5.74, 6) is 1.95. The molecule has 0 bridgehead atoms. The third-order valence-electron chi connectivity index (χ3n) is 7.68. The Morgan fingerprint density at radius 3 is 2.25 bits per heavy atom. The summed E-state index contributed by atoms with van der Waals surface area (Å²) in [5.41, 5.74) is 0.584. The number of nitrogens with one attached hydrogen (secondary N) is 3. The van der Waals surface area contributed by atoms with Crippen molar-refractivity contribution in [3.8, 4) is 5.75 Å². The third kappa shape index (κ3) is 6.80. The molecule has 2 aliphatic rings. The molecule has 2 amide bonds. The number of alkyl carbamates (subject to hydrolysis) is 1. The number of hydrogen-bond donors (Lipinski definition) is 3. The summed E-state index contributed by atoms with van der Waals surface area (Å²) >= 11 is 0. The molecular weight excluding hydrogens is 454 g/mol. The van der Waals surface area contributed by atoms with Crippen molar-refractivity contribution in [1.82, 2.24) is 10.6 Å². The number of fused-ring (bicyclic) bond motifs is 1. The molecule has 1 aliphatic carbocycles. The quantitative estimate of drug-likeness (QED) is 0.348. The van der Waals surface area contributed by atoms with E-state index >= 15 is 0 Å². The molecule has 3 rings (SSSR count). The SMILES string of the molecule is CC1CC(C(C)(C)C)CC(C)C1C(=O)NCCC1c2ccccc2OC1C(=N)NC(=O)OC(C)(C)C. The van der Waals surface area contributed by atoms with Crippen LogP contribution in [0, 0.1) is 34.5 Å². The van der Waals surface area contributed by atoms with Gasteiger partial charge < -0.3 is 14.8 Å². The Hall–Kier alpha value is -2.57. The minimum absolute atomic E-state index is 0.0126. The first-order chi connectivity index (χ1) is 16.7. The van der Waals surface area contributed by atoms with Crippen LogP contribution in [0.25, 0.3) is 0 Å². The number of para-hydroxylation sites is 1. The number of rotatable bonds is 5. The van der Waals surface area contributed by atoms with Crippen LogP contribution in [0.4, 0.5) is 4.79 Å². The van der Waals surface area contributed by atoms with E-state index in [1.54, 1.807) is 20.8 Å². The van der Waals surface area contributed by atoms with Crippen LogP contribution in [-0.4, -0.2) is 36.1 Å². The lowest BCUT2D eigenvalue weighted by atomic mass is 9.62. The molecule has 0 aromatic heterocycles. The molecule has 1 heterocycles. The zero-order chi connectivity index (χ0) is 26.8. The average Bonchev–Trinajstić information content (AvgIpc) is 3.10. The molecule has 4 unspecified atom stereocenters. The maximum absolute atomic E-state index is 13.2. The van der Waals surface area contributed by atoms with E-state index in [4.69, 9.17) is 14.9 Å². The lowest BCUT2D eigenvalue weighted by Crippen LogP contribution is -2.46. The van der Waals surface area contributed by atoms with Crippen molar-refractivity contribution in [3.63, 3.8) is 0 Å². The second-order valence-electron chi connectivity index (χ2n) is 12.8. The number of carbonyl (C=O) groups excluding carboxylic acids is 2. The normalized spacial score (nSPS) is 28.0. The fourth-order valence-corrected chi connectivity index (χ4v) is 5.87. The molecule has 36 heavy (non-hydrogen) atoms. The fourth-order valence-electron chi connectivity index (χ4n) is 5.87. The first-order valence-electron chi connectivity index (χ1n) is 13.3. The Morgan fingerprint density at radius 1 is 1.06 bits per heavy atom. The van der Waals surface area contributed by atoms with Crippen molar-refractivity contribution in [2.75, 3.05) is 6.54 Å². The average molecular weight is 500 g/mol. The maximum Gasteiger partial charge on any atom is 0.413 e. The highest BCUT2D eigenvalue weighted by molar-refractivity contribution is 5.97. The smallest absolute Gasteiger partial charge is 0.413 e. The summed E-state index contributed by atoms with van der Waals surface area (Å²) in [6.07, 6.45) is 1.43. The first kappa shape index (κ1) is 28.0. The van der Waals surface area contributed by atoms with Gasteiger partial charge in [-0.05, 0) is 69.3 Å². The van der Waals surface area contributed by atoms with Gasteiger partial charge in [0.05, 0.1) is 0 Å². The molecular formula is C29H45N3O4. The van der Waals surface area contributed by atoms with Gasteiger partial charge >= 0.3 is 6.09 Å². The monoisotopic (exact) mass is 499 g/mol. The number of amides is 2. The molecule has 7 heteroatoms. The lowest BCUT2D eigenvalue weighted by molar-refractivity contribution is -0.131. The van der Waals surface area contributed by atoms with E-state index in [0.717, 1.165) is 18.4 Å². The van der Waals surface area contributed by atoms with Gasteiger partial charge in [-0.15, -0.1) is 0 Å². The fraction of sp³-hybridized carbons (Fsp3) is 0.690. The van der Waals surface area contributed by atoms with Gasteiger partial charge in [-0.3, -0.25) is 15.5 Å². The van der Waals surface area contributed by atoms with Crippen molar-refractivity contribution in [2.24, 2.45) is 29.1 Å². The third-order valence-corrected chi connectivity index (χ3v) is 7.68. The van der Waals surface area contributed by atoms with Crippen molar-refractivity contribution in [1.29, 1.82) is 5.41 Å². The van der Waals surface area contributed by atoms with Gasteiger partial charge in [0, 0.05) is 23.9 Å². The van der Waals surface area contributed by atoms with Crippen molar-refractivity contribution in [3.05, 3.63) is 29.8 Å². The Kier molecular flexibility index (Phi) is 8.41. The van der Waals surface area contributed by atoms with Crippen LogP contribution in [0.15, 0.2) is 24.3 Å². The molecule has 1 saturated carbocycles. The second kappa shape index (κ2) is 10.8. The number of hydrogen-bond acceptors (Lipinski definition) is 5. The summed E-state index contributed by atoms with van der Waals surface area (Å²) in [4.78, 5) is 25.5. The summed E-state index contributed by atoms with van der Waals surface area (Å²) in [5, 5.41) is 14.2. The molecule has 200 valence electrons. The molecule has 7 nitrogen and oxygen atoms in total. The Morgan fingerprint density at radius 2 is 1.67 bits per heavy atom. The molecule has 1 aromatic carbocycles. The van der Waals surface area contributed by atoms with Crippen LogP contribution in [0.5, 0.6) is 5.75 Å². The minimum Gasteiger partial charge on any atom is -0.482 e. The van der Waals surface area contributed by atoms with E-state index in [2.05, 4.69) is 45.3 Å². The first-order valence-corrected chi connectivity index (χ1v) is 13.3. The van der Waals surface area contributed by atoms with Gasteiger partial charge in [0.15, 0.2) is 6.10 Å². The molecule has 1 aromatic rings. The van der Waals surface area contributed by atoms with Gasteiger partial charge in [0.25, 0.3) is 0 Å². The Balaban J connectivity index is 1.62. The zero-order valence-corrected chi connectivity index (χ0v) is 23.2. The molecule has 0 spiro atoms. The zero-order valence-electron chi connectivity index (χ0n) is 23.2. The Bertz CT molecular complexity index is 950. The molecule has 1 fully saturated rings. The van der Waals surface area contributed by atoms with Gasteiger partial charge in [-0.1, -0.05) is 52.8 Å². The Labute approximate surface area is 216 Å². The summed E-state index contributed by atoms with van der Waals surface area (Å²) in [6, 6.07) is 7.69. The highest BCUT2D eigenvalue weighted by Crippen LogP contribution is 2.45. The summed E-state index contributed by atoms with van der Waals surface area (Å²) in [6.45, 7) is 17.1. The lowest BCUT2D eigenvalue weighted by Gasteiger charge is -2.43. The summed E-state index contributed by atoms with van der Waals surface area (Å²) in [7, 11) is 0. The molecule has 3 N–H and O–H groups in total. The van der Waals surface area contributed by atoms with Crippen molar-refractivity contribution >= 4 is 17.8 Å². The van der Waals surface area contributed by atoms with Gasteiger partial charge in [-0.25, -0.2) is 4.79 Å². The van der Waals surface area contributed by atoms with Crippen LogP contribution in [0.2, 0.25) is 0 Å². The number of amidine groups is 1. The predicted molar refractivity (Wildman–Crippen MR) is 142 cm³/mol. The topological polar surface area (TPSA) is 101 Å². The highest BCUT2D eigenvalue weighted by atomic mass is 16.6. The van der Waals surface area contributed by atoms with E-state index in [-0.39, 0.29) is 29.0 Å². The van der Waals surface area contributed by atoms with Gasteiger partial charge in [0.1, 0.15) is 17.2 Å². The van der Waals surface area contributed by atoms with Crippen molar-refractivity contribution < 1.29 is 19.1 Å². The van der Waals surface area contributed by atoms with E-state index < -0.39 is 17.8 Å². The molecule has 4 atom stereocenters. The van der Waals surface area contributed by atoms with Crippen LogP contribution in [0.1, 0.15) is 86.1 Å². The van der Waals surface area contributed by atoms with Crippen LogP contribution < -0.4 is 15.4 Å².